The second-order valence-corrected chi connectivity index (χ2v) is 7.27. The highest BCUT2D eigenvalue weighted by atomic mass is 15.2. The van der Waals surface area contributed by atoms with E-state index >= 15 is 0 Å². The van der Waals surface area contributed by atoms with Gasteiger partial charge in [-0.1, -0.05) is 20.3 Å². The second-order valence-electron chi connectivity index (χ2n) is 7.27. The Kier molecular flexibility index (Phi) is 3.84. The summed E-state index contributed by atoms with van der Waals surface area (Å²) in [6.45, 7) is 6.95. The van der Waals surface area contributed by atoms with Crippen molar-refractivity contribution in [3.63, 3.8) is 0 Å². The van der Waals surface area contributed by atoms with Crippen molar-refractivity contribution >= 4 is 0 Å². The van der Waals surface area contributed by atoms with Crippen molar-refractivity contribution in [1.29, 1.82) is 0 Å². The fraction of sp³-hybridized carbons (Fsp3) is 1.00. The van der Waals surface area contributed by atoms with Crippen molar-refractivity contribution < 1.29 is 0 Å². The fourth-order valence-corrected chi connectivity index (χ4v) is 3.34. The molecule has 2 saturated carbocycles. The minimum absolute atomic E-state index is 0.302. The van der Waals surface area contributed by atoms with E-state index in [1.807, 2.05) is 0 Å². The Morgan fingerprint density at radius 1 is 1.12 bits per heavy atom. The molecular weight excluding hydrogens is 208 g/mol. The highest BCUT2D eigenvalue weighted by molar-refractivity contribution is 4.96. The second kappa shape index (κ2) is 4.89. The average Bonchev–Trinajstić information content (AvgIpc) is 3.06. The topological polar surface area (TPSA) is 29.3 Å². The number of likely N-dealkylation sites (N-methyl/N-ethyl adjacent to an activating group) is 1. The van der Waals surface area contributed by atoms with Crippen molar-refractivity contribution in [3.05, 3.63) is 0 Å². The maximum absolute atomic E-state index is 6.15. The molecular formula is C15H30N2. The van der Waals surface area contributed by atoms with Crippen LogP contribution >= 0.6 is 0 Å². The predicted octanol–water partition coefficient (Wildman–Crippen LogP) is 3.02. The van der Waals surface area contributed by atoms with Gasteiger partial charge in [0.05, 0.1) is 0 Å². The smallest absolute Gasteiger partial charge is 0.0329 e. The first-order chi connectivity index (χ1) is 7.97. The van der Waals surface area contributed by atoms with Crippen LogP contribution in [0.3, 0.4) is 0 Å². The van der Waals surface area contributed by atoms with E-state index in [0.29, 0.717) is 11.0 Å². The molecule has 2 aliphatic rings. The van der Waals surface area contributed by atoms with Gasteiger partial charge in [0.15, 0.2) is 0 Å². The largest absolute Gasteiger partial charge is 0.329 e. The Hall–Kier alpha value is -0.0800. The first-order valence-electron chi connectivity index (χ1n) is 7.39. The monoisotopic (exact) mass is 238 g/mol. The molecule has 0 aromatic carbocycles. The molecule has 2 N–H and O–H groups in total. The lowest BCUT2D eigenvalue weighted by Crippen LogP contribution is -2.52. The molecule has 17 heavy (non-hydrogen) atoms. The minimum atomic E-state index is 0.302. The van der Waals surface area contributed by atoms with Gasteiger partial charge < -0.3 is 5.73 Å². The Morgan fingerprint density at radius 3 is 2.41 bits per heavy atom. The van der Waals surface area contributed by atoms with E-state index in [-0.39, 0.29) is 0 Å². The molecule has 0 aromatic rings. The normalized spacial score (nSPS) is 33.7. The number of rotatable bonds is 4. The van der Waals surface area contributed by atoms with E-state index in [4.69, 9.17) is 5.73 Å². The van der Waals surface area contributed by atoms with Crippen molar-refractivity contribution in [2.45, 2.75) is 64.3 Å². The van der Waals surface area contributed by atoms with E-state index in [9.17, 15) is 0 Å². The number of nitrogens with two attached hydrogens (primary N) is 1. The molecule has 0 heterocycles. The van der Waals surface area contributed by atoms with Crippen LogP contribution in [0.15, 0.2) is 0 Å². The van der Waals surface area contributed by atoms with Gasteiger partial charge in [0.1, 0.15) is 0 Å². The van der Waals surface area contributed by atoms with Gasteiger partial charge in [-0.25, -0.2) is 0 Å². The van der Waals surface area contributed by atoms with Crippen LogP contribution in [0.5, 0.6) is 0 Å². The van der Waals surface area contributed by atoms with Crippen LogP contribution in [-0.4, -0.2) is 30.6 Å². The van der Waals surface area contributed by atoms with Gasteiger partial charge >= 0.3 is 0 Å². The van der Waals surface area contributed by atoms with Gasteiger partial charge in [-0.15, -0.1) is 0 Å². The zero-order chi connectivity index (χ0) is 12.5. The van der Waals surface area contributed by atoms with E-state index in [1.54, 1.807) is 0 Å². The maximum Gasteiger partial charge on any atom is 0.0329 e. The summed E-state index contributed by atoms with van der Waals surface area (Å²) in [5.41, 5.74) is 6.98. The molecule has 1 atom stereocenters. The summed E-state index contributed by atoms with van der Waals surface area (Å²) in [6, 6.07) is 0. The molecule has 0 aromatic heterocycles. The third-order valence-corrected chi connectivity index (χ3v) is 5.18. The minimum Gasteiger partial charge on any atom is -0.329 e. The summed E-state index contributed by atoms with van der Waals surface area (Å²) >= 11 is 0. The van der Waals surface area contributed by atoms with Gasteiger partial charge in [-0.3, -0.25) is 4.90 Å². The SMILES string of the molecule is CN(CC1CC1)C1(CN)CCCC(C)(C)CC1. The average molecular weight is 238 g/mol. The summed E-state index contributed by atoms with van der Waals surface area (Å²) in [4.78, 5) is 2.60. The van der Waals surface area contributed by atoms with Crippen molar-refractivity contribution in [3.8, 4) is 0 Å². The van der Waals surface area contributed by atoms with Crippen LogP contribution in [0.25, 0.3) is 0 Å². The molecule has 2 rings (SSSR count). The van der Waals surface area contributed by atoms with Crippen LogP contribution in [0.1, 0.15) is 58.8 Å². The van der Waals surface area contributed by atoms with Crippen molar-refractivity contribution in [2.75, 3.05) is 20.1 Å². The summed E-state index contributed by atoms with van der Waals surface area (Å²) in [6.07, 6.45) is 9.52. The van der Waals surface area contributed by atoms with Crippen molar-refractivity contribution in [2.24, 2.45) is 17.1 Å². The van der Waals surface area contributed by atoms with Crippen LogP contribution in [-0.2, 0) is 0 Å². The lowest BCUT2D eigenvalue weighted by Gasteiger charge is -2.41. The Labute approximate surface area is 107 Å². The summed E-state index contributed by atoms with van der Waals surface area (Å²) in [7, 11) is 2.31. The maximum atomic E-state index is 6.15. The lowest BCUT2D eigenvalue weighted by molar-refractivity contribution is 0.0985. The molecule has 2 aliphatic carbocycles. The fourth-order valence-electron chi connectivity index (χ4n) is 3.34. The first kappa shape index (κ1) is 13.4. The summed E-state index contributed by atoms with van der Waals surface area (Å²) in [5.74, 6) is 0.972. The van der Waals surface area contributed by atoms with Crippen LogP contribution in [0, 0.1) is 11.3 Å². The van der Waals surface area contributed by atoms with E-state index < -0.39 is 0 Å². The first-order valence-corrected chi connectivity index (χ1v) is 7.39. The highest BCUT2D eigenvalue weighted by Gasteiger charge is 2.39. The van der Waals surface area contributed by atoms with Crippen LogP contribution in [0.4, 0.5) is 0 Å². The lowest BCUT2D eigenvalue weighted by atomic mass is 9.83. The van der Waals surface area contributed by atoms with Crippen molar-refractivity contribution in [1.82, 2.24) is 4.90 Å². The van der Waals surface area contributed by atoms with Gasteiger partial charge in [-0.05, 0) is 56.9 Å². The molecule has 100 valence electrons. The number of hydrogen-bond acceptors (Lipinski definition) is 2. The zero-order valence-electron chi connectivity index (χ0n) is 12.0. The number of hydrogen-bond donors (Lipinski definition) is 1. The highest BCUT2D eigenvalue weighted by Crippen LogP contribution is 2.41. The standard InChI is InChI=1S/C15H30N2/c1-14(2)7-4-8-15(12-16,10-9-14)17(3)11-13-5-6-13/h13H,4-12,16H2,1-3H3. The molecule has 2 fully saturated rings. The molecule has 0 radical (unpaired) electrons. The Balaban J connectivity index is 2.01. The molecule has 0 saturated heterocycles. The third-order valence-electron chi connectivity index (χ3n) is 5.18. The van der Waals surface area contributed by atoms with Gasteiger partial charge in [0.2, 0.25) is 0 Å². The van der Waals surface area contributed by atoms with Gasteiger partial charge in [0, 0.05) is 18.6 Å². The molecule has 0 aliphatic heterocycles. The third kappa shape index (κ3) is 3.23. The summed E-state index contributed by atoms with van der Waals surface area (Å²) in [5, 5.41) is 0. The van der Waals surface area contributed by atoms with E-state index in [2.05, 4.69) is 25.8 Å². The molecule has 0 amide bonds. The van der Waals surface area contributed by atoms with Gasteiger partial charge in [-0.2, -0.15) is 0 Å². The number of nitrogens with zero attached hydrogens (tertiary/aromatic N) is 1. The van der Waals surface area contributed by atoms with E-state index in [1.165, 1.54) is 51.5 Å². The molecule has 2 nitrogen and oxygen atoms in total. The zero-order valence-corrected chi connectivity index (χ0v) is 12.0. The van der Waals surface area contributed by atoms with Crippen LogP contribution in [0.2, 0.25) is 0 Å². The summed E-state index contributed by atoms with van der Waals surface area (Å²) < 4.78 is 0. The molecule has 2 heteroatoms. The Morgan fingerprint density at radius 2 is 1.82 bits per heavy atom. The molecule has 1 unspecified atom stereocenters. The van der Waals surface area contributed by atoms with Gasteiger partial charge in [0.25, 0.3) is 0 Å². The predicted molar refractivity (Wildman–Crippen MR) is 74.0 cm³/mol. The Bertz CT molecular complexity index is 258. The molecule has 0 bridgehead atoms. The molecule has 0 spiro atoms. The quantitative estimate of drug-likeness (QED) is 0.763. The van der Waals surface area contributed by atoms with Crippen LogP contribution < -0.4 is 5.73 Å². The van der Waals surface area contributed by atoms with E-state index in [0.717, 1.165) is 12.5 Å².